The first-order valence-corrected chi connectivity index (χ1v) is 15.3. The van der Waals surface area contributed by atoms with E-state index in [1.165, 1.54) is 18.7 Å². The van der Waals surface area contributed by atoms with Crippen LogP contribution in [0, 0.1) is 0 Å². The highest BCUT2D eigenvalue weighted by Crippen LogP contribution is 2.38. The maximum Gasteiger partial charge on any atom is 0.417 e. The van der Waals surface area contributed by atoms with Gasteiger partial charge in [-0.3, -0.25) is 0 Å². The van der Waals surface area contributed by atoms with Crippen LogP contribution >= 0.6 is 0 Å². The number of pyridine rings is 1. The van der Waals surface area contributed by atoms with E-state index in [-0.39, 0.29) is 17.3 Å². The van der Waals surface area contributed by atoms with Gasteiger partial charge in [0.25, 0.3) is 0 Å². The molecule has 0 atom stereocenters. The average Bonchev–Trinajstić information content (AvgIpc) is 3.13. The highest BCUT2D eigenvalue weighted by atomic mass is 19.4. The summed E-state index contributed by atoms with van der Waals surface area (Å²) in [6.45, 7) is 0.408. The first-order chi connectivity index (χ1) is 24.2. The molecule has 0 unspecified atom stereocenters. The Morgan fingerprint density at radius 3 is 2.14 bits per heavy atom. The standard InChI is InChI=1S/C34H26F3N11O2/c35-34(36,37)20-4-8-26(44-16-20)50-21-5-1-19(2-6-21)3-7-23-22(9-10-41-32-30-33(48-18-47-32)43-14-12-40-30)24(15-25(49)27(23)38)28-29-31(46-17-45-28)42-13-11-39-29/h1-2,4-6,8,11-18,49H,3,7,9-10,38H2,(H,41,43,47,48). The molecule has 0 bridgehead atoms. The number of fused-ring (bicyclic) bond motifs is 2. The minimum absolute atomic E-state index is 0.0352. The summed E-state index contributed by atoms with van der Waals surface area (Å²) < 4.78 is 44.3. The van der Waals surface area contributed by atoms with Crippen LogP contribution in [0.4, 0.5) is 24.7 Å². The van der Waals surface area contributed by atoms with Crippen molar-refractivity contribution in [3.8, 4) is 28.6 Å². The van der Waals surface area contributed by atoms with Gasteiger partial charge in [-0.25, -0.2) is 44.9 Å². The molecule has 0 spiro atoms. The number of aromatic nitrogens is 9. The number of ether oxygens (including phenoxy) is 1. The number of benzene rings is 2. The lowest BCUT2D eigenvalue weighted by molar-refractivity contribution is -0.137. The lowest BCUT2D eigenvalue weighted by Gasteiger charge is -2.19. The summed E-state index contributed by atoms with van der Waals surface area (Å²) in [6, 6.07) is 10.8. The van der Waals surface area contributed by atoms with E-state index in [0.29, 0.717) is 71.0 Å². The Morgan fingerprint density at radius 1 is 0.720 bits per heavy atom. The third-order valence-corrected chi connectivity index (χ3v) is 7.91. The van der Waals surface area contributed by atoms with E-state index >= 15 is 0 Å². The predicted octanol–water partition coefficient (Wildman–Crippen LogP) is 5.75. The fraction of sp³-hybridized carbons (Fsp3) is 0.147. The van der Waals surface area contributed by atoms with Crippen LogP contribution in [0.3, 0.4) is 0 Å². The van der Waals surface area contributed by atoms with E-state index in [0.717, 1.165) is 29.0 Å². The van der Waals surface area contributed by atoms with Gasteiger partial charge in [0, 0.05) is 49.2 Å². The third-order valence-electron chi connectivity index (χ3n) is 7.91. The molecule has 0 aliphatic carbocycles. The minimum Gasteiger partial charge on any atom is -0.506 e. The van der Waals surface area contributed by atoms with Crippen LogP contribution in [0.5, 0.6) is 17.4 Å². The zero-order chi connectivity index (χ0) is 34.7. The van der Waals surface area contributed by atoms with Crippen molar-refractivity contribution in [3.05, 3.63) is 108 Å². The number of rotatable bonds is 10. The molecular weight excluding hydrogens is 651 g/mol. The van der Waals surface area contributed by atoms with Crippen molar-refractivity contribution in [2.45, 2.75) is 25.4 Å². The summed E-state index contributed by atoms with van der Waals surface area (Å²) in [7, 11) is 0. The molecule has 0 saturated carbocycles. The molecule has 4 N–H and O–H groups in total. The van der Waals surface area contributed by atoms with E-state index in [2.05, 4.69) is 50.2 Å². The second-order valence-corrected chi connectivity index (χ2v) is 11.0. The number of aryl methyl sites for hydroxylation is 1. The summed E-state index contributed by atoms with van der Waals surface area (Å²) in [5.41, 5.74) is 11.4. The number of halogens is 3. The monoisotopic (exact) mass is 677 g/mol. The van der Waals surface area contributed by atoms with Gasteiger partial charge in [0.2, 0.25) is 5.88 Å². The van der Waals surface area contributed by atoms with E-state index in [9.17, 15) is 18.3 Å². The lowest BCUT2D eigenvalue weighted by Crippen LogP contribution is -2.12. The van der Waals surface area contributed by atoms with Gasteiger partial charge in [-0.15, -0.1) is 0 Å². The lowest BCUT2D eigenvalue weighted by atomic mass is 9.90. The van der Waals surface area contributed by atoms with Crippen LogP contribution in [-0.4, -0.2) is 56.5 Å². The summed E-state index contributed by atoms with van der Waals surface area (Å²) in [6.07, 6.45) is 6.70. The number of hydrogen-bond acceptors (Lipinski definition) is 13. The Morgan fingerprint density at radius 2 is 1.42 bits per heavy atom. The number of nitrogens with two attached hydrogens (primary N) is 1. The first kappa shape index (κ1) is 32.0. The van der Waals surface area contributed by atoms with Crippen LogP contribution in [0.1, 0.15) is 22.3 Å². The van der Waals surface area contributed by atoms with E-state index in [1.807, 2.05) is 12.1 Å². The van der Waals surface area contributed by atoms with Crippen LogP contribution in [-0.2, 0) is 25.4 Å². The molecule has 5 aromatic heterocycles. The number of nitrogen functional groups attached to an aromatic ring is 1. The predicted molar refractivity (Wildman–Crippen MR) is 177 cm³/mol. The minimum atomic E-state index is -4.49. The number of hydrogen-bond donors (Lipinski definition) is 3. The molecule has 2 aromatic carbocycles. The number of nitrogens with one attached hydrogen (secondary N) is 1. The summed E-state index contributed by atoms with van der Waals surface area (Å²) in [5.74, 6) is 0.857. The Balaban J connectivity index is 1.17. The molecule has 13 nitrogen and oxygen atoms in total. The fourth-order valence-electron chi connectivity index (χ4n) is 5.51. The normalized spacial score (nSPS) is 11.6. The zero-order valence-electron chi connectivity index (χ0n) is 26.0. The van der Waals surface area contributed by atoms with Gasteiger partial charge >= 0.3 is 6.18 Å². The van der Waals surface area contributed by atoms with Gasteiger partial charge in [0.1, 0.15) is 40.9 Å². The largest absolute Gasteiger partial charge is 0.506 e. The average molecular weight is 678 g/mol. The molecular formula is C34H26F3N11O2. The molecule has 7 rings (SSSR count). The highest BCUT2D eigenvalue weighted by molar-refractivity contribution is 5.89. The first-order valence-electron chi connectivity index (χ1n) is 15.3. The Bertz CT molecular complexity index is 2300. The van der Waals surface area contributed by atoms with Crippen molar-refractivity contribution >= 4 is 33.8 Å². The molecule has 0 aliphatic rings. The number of alkyl halides is 3. The van der Waals surface area contributed by atoms with Crippen molar-refractivity contribution in [2.75, 3.05) is 17.6 Å². The zero-order valence-corrected chi connectivity index (χ0v) is 26.0. The van der Waals surface area contributed by atoms with Crippen LogP contribution in [0.15, 0.2) is 86.1 Å². The number of anilines is 2. The van der Waals surface area contributed by atoms with Crippen molar-refractivity contribution in [2.24, 2.45) is 0 Å². The van der Waals surface area contributed by atoms with Crippen molar-refractivity contribution in [1.82, 2.24) is 44.9 Å². The van der Waals surface area contributed by atoms with Gasteiger partial charge in [-0.2, -0.15) is 13.2 Å². The Kier molecular flexibility index (Phi) is 8.64. The maximum absolute atomic E-state index is 12.9. The maximum atomic E-state index is 12.9. The Labute approximate surface area is 281 Å². The number of nitrogens with zero attached hydrogens (tertiary/aromatic N) is 9. The van der Waals surface area contributed by atoms with Crippen molar-refractivity contribution < 1.29 is 23.0 Å². The van der Waals surface area contributed by atoms with E-state index in [4.69, 9.17) is 10.5 Å². The van der Waals surface area contributed by atoms with Gasteiger partial charge in [-0.1, -0.05) is 12.1 Å². The van der Waals surface area contributed by atoms with Gasteiger partial charge in [0.05, 0.1) is 11.3 Å². The fourth-order valence-corrected chi connectivity index (χ4v) is 5.51. The second-order valence-electron chi connectivity index (χ2n) is 11.0. The SMILES string of the molecule is Nc1c(O)cc(-c2ncnc3nccnc23)c(CCNc2ncnc3nccnc23)c1CCc1ccc(Oc2ccc(C(F)(F)F)cn2)cc1. The molecule has 7 aromatic rings. The van der Waals surface area contributed by atoms with Crippen molar-refractivity contribution in [3.63, 3.8) is 0 Å². The summed E-state index contributed by atoms with van der Waals surface area (Å²) in [5, 5.41) is 14.4. The van der Waals surface area contributed by atoms with Gasteiger partial charge in [-0.05, 0) is 60.2 Å². The molecule has 0 aliphatic heterocycles. The van der Waals surface area contributed by atoms with Gasteiger partial charge in [0.15, 0.2) is 17.1 Å². The molecule has 50 heavy (non-hydrogen) atoms. The second kappa shape index (κ2) is 13.5. The van der Waals surface area contributed by atoms with E-state index < -0.39 is 11.7 Å². The molecule has 0 saturated heterocycles. The molecule has 0 radical (unpaired) electrons. The molecule has 5 heterocycles. The summed E-state index contributed by atoms with van der Waals surface area (Å²) >= 11 is 0. The quantitative estimate of drug-likeness (QED) is 0.118. The molecule has 0 fully saturated rings. The highest BCUT2D eigenvalue weighted by Gasteiger charge is 2.30. The Hall–Kier alpha value is -6.58. The number of phenols is 1. The molecule has 0 amide bonds. The third kappa shape index (κ3) is 6.71. The number of aromatic hydroxyl groups is 1. The van der Waals surface area contributed by atoms with Crippen LogP contribution < -0.4 is 15.8 Å². The van der Waals surface area contributed by atoms with Crippen molar-refractivity contribution in [1.29, 1.82) is 0 Å². The summed E-state index contributed by atoms with van der Waals surface area (Å²) in [4.78, 5) is 38.5. The molecule has 250 valence electrons. The topological polar surface area (TPSA) is 184 Å². The number of phenolic OH excluding ortho intramolecular Hbond substituents is 1. The molecule has 16 heteroatoms. The van der Waals surface area contributed by atoms with Gasteiger partial charge < -0.3 is 20.9 Å². The van der Waals surface area contributed by atoms with E-state index in [1.54, 1.807) is 43.0 Å². The smallest absolute Gasteiger partial charge is 0.417 e. The van der Waals surface area contributed by atoms with Crippen LogP contribution in [0.2, 0.25) is 0 Å². The van der Waals surface area contributed by atoms with Crippen LogP contribution in [0.25, 0.3) is 33.6 Å².